The summed E-state index contributed by atoms with van der Waals surface area (Å²) in [5, 5.41) is 0. The van der Waals surface area contributed by atoms with Gasteiger partial charge in [-0.2, -0.15) is 17.0 Å². The highest BCUT2D eigenvalue weighted by atomic mass is 35.5. The largest absolute Gasteiger partial charge is 0.329 e. The van der Waals surface area contributed by atoms with E-state index in [0.717, 1.165) is 19.3 Å². The lowest BCUT2D eigenvalue weighted by molar-refractivity contribution is 0.238. The van der Waals surface area contributed by atoms with Gasteiger partial charge in [-0.05, 0) is 12.8 Å². The lowest BCUT2D eigenvalue weighted by atomic mass is 10.1. The van der Waals surface area contributed by atoms with Crippen LogP contribution >= 0.6 is 12.4 Å². The smallest absolute Gasteiger partial charge is 0.282 e. The average Bonchev–Trinajstić information content (AvgIpc) is 2.30. The molecule has 0 aromatic rings. The predicted octanol–water partition coefficient (Wildman–Crippen LogP) is 0.808. The fraction of sp³-hybridized carbons (Fsp3) is 1.00. The van der Waals surface area contributed by atoms with Crippen molar-refractivity contribution in [3.8, 4) is 0 Å². The van der Waals surface area contributed by atoms with Crippen molar-refractivity contribution < 1.29 is 8.42 Å². The summed E-state index contributed by atoms with van der Waals surface area (Å²) in [5.74, 6) is 0. The average molecular weight is 286 g/mol. The monoisotopic (exact) mass is 285 g/mol. The number of rotatable bonds is 5. The first-order valence-electron chi connectivity index (χ1n) is 6.04. The summed E-state index contributed by atoms with van der Waals surface area (Å²) in [6.07, 6.45) is 2.90. The third-order valence-corrected chi connectivity index (χ3v) is 5.42. The maximum Gasteiger partial charge on any atom is 0.282 e. The number of nitrogens with zero attached hydrogens (tertiary/aromatic N) is 2. The Balaban J connectivity index is 0.00000256. The van der Waals surface area contributed by atoms with Crippen LogP contribution in [-0.4, -0.2) is 49.2 Å². The molecule has 0 spiro atoms. The van der Waals surface area contributed by atoms with Crippen molar-refractivity contribution in [2.45, 2.75) is 39.2 Å². The summed E-state index contributed by atoms with van der Waals surface area (Å²) < 4.78 is 27.7. The fourth-order valence-corrected chi connectivity index (χ4v) is 4.09. The molecule has 1 rings (SSSR count). The number of halogens is 1. The molecule has 7 heteroatoms. The molecule has 0 aromatic carbocycles. The van der Waals surface area contributed by atoms with E-state index >= 15 is 0 Å². The van der Waals surface area contributed by atoms with Gasteiger partial charge in [0.05, 0.1) is 0 Å². The molecule has 1 aliphatic heterocycles. The number of hydrogen-bond acceptors (Lipinski definition) is 3. The van der Waals surface area contributed by atoms with Gasteiger partial charge in [-0.25, -0.2) is 0 Å². The van der Waals surface area contributed by atoms with Crippen molar-refractivity contribution >= 4 is 22.6 Å². The molecular weight excluding hydrogens is 262 g/mol. The number of piperidine rings is 1. The second kappa shape index (κ2) is 7.53. The molecule has 1 atom stereocenters. The molecule has 0 aromatic heterocycles. The predicted molar refractivity (Wildman–Crippen MR) is 72.5 cm³/mol. The van der Waals surface area contributed by atoms with Gasteiger partial charge in [-0.1, -0.05) is 20.3 Å². The lowest BCUT2D eigenvalue weighted by Gasteiger charge is -2.36. The maximum absolute atomic E-state index is 12.3. The van der Waals surface area contributed by atoms with Crippen LogP contribution in [0.5, 0.6) is 0 Å². The molecule has 1 saturated heterocycles. The number of hydrogen-bond donors (Lipinski definition) is 1. The minimum atomic E-state index is -3.30. The van der Waals surface area contributed by atoms with Gasteiger partial charge in [0.2, 0.25) is 0 Å². The molecular formula is C10H24ClN3O2S. The summed E-state index contributed by atoms with van der Waals surface area (Å²) in [5.41, 5.74) is 5.65. The van der Waals surface area contributed by atoms with E-state index in [0.29, 0.717) is 26.2 Å². The van der Waals surface area contributed by atoms with E-state index < -0.39 is 10.2 Å². The van der Waals surface area contributed by atoms with Crippen molar-refractivity contribution in [2.75, 3.05) is 26.2 Å². The van der Waals surface area contributed by atoms with Gasteiger partial charge >= 0.3 is 0 Å². The molecule has 0 bridgehead atoms. The highest BCUT2D eigenvalue weighted by Crippen LogP contribution is 2.21. The van der Waals surface area contributed by atoms with Gasteiger partial charge in [-0.15, -0.1) is 12.4 Å². The highest BCUT2D eigenvalue weighted by Gasteiger charge is 2.34. The molecule has 1 fully saturated rings. The Labute approximate surface area is 111 Å². The van der Waals surface area contributed by atoms with Gasteiger partial charge < -0.3 is 5.73 Å². The fourth-order valence-electron chi connectivity index (χ4n) is 2.21. The number of nitrogens with two attached hydrogens (primary N) is 1. The topological polar surface area (TPSA) is 66.6 Å². The van der Waals surface area contributed by atoms with Crippen LogP contribution in [0.15, 0.2) is 0 Å². The molecule has 17 heavy (non-hydrogen) atoms. The van der Waals surface area contributed by atoms with Crippen molar-refractivity contribution in [3.63, 3.8) is 0 Å². The zero-order valence-electron chi connectivity index (χ0n) is 10.6. The van der Waals surface area contributed by atoms with Crippen LogP contribution in [0.2, 0.25) is 0 Å². The molecule has 104 valence electrons. The molecule has 0 amide bonds. The molecule has 0 aliphatic carbocycles. The van der Waals surface area contributed by atoms with Crippen molar-refractivity contribution in [1.82, 2.24) is 8.61 Å². The molecule has 1 unspecified atom stereocenters. The molecule has 1 aliphatic rings. The summed E-state index contributed by atoms with van der Waals surface area (Å²) in [7, 11) is -3.30. The van der Waals surface area contributed by atoms with Crippen LogP contribution in [0.4, 0.5) is 0 Å². The van der Waals surface area contributed by atoms with Crippen molar-refractivity contribution in [2.24, 2.45) is 5.73 Å². The second-order valence-corrected chi connectivity index (χ2v) is 5.97. The van der Waals surface area contributed by atoms with E-state index in [2.05, 4.69) is 0 Å². The van der Waals surface area contributed by atoms with Crippen molar-refractivity contribution in [1.29, 1.82) is 0 Å². The molecule has 2 N–H and O–H groups in total. The van der Waals surface area contributed by atoms with E-state index in [1.165, 1.54) is 4.31 Å². The van der Waals surface area contributed by atoms with Crippen LogP contribution in [0, 0.1) is 0 Å². The van der Waals surface area contributed by atoms with E-state index in [9.17, 15) is 8.42 Å². The SMILES string of the molecule is CCN(CC)S(=O)(=O)N1CCCCC1CN.Cl. The summed E-state index contributed by atoms with van der Waals surface area (Å²) in [6.45, 7) is 5.80. The highest BCUT2D eigenvalue weighted by molar-refractivity contribution is 7.86. The Morgan fingerprint density at radius 1 is 1.29 bits per heavy atom. The van der Waals surface area contributed by atoms with Gasteiger partial charge in [-0.3, -0.25) is 0 Å². The van der Waals surface area contributed by atoms with Crippen LogP contribution < -0.4 is 5.73 Å². The third-order valence-electron chi connectivity index (χ3n) is 3.17. The van der Waals surface area contributed by atoms with Crippen molar-refractivity contribution in [3.05, 3.63) is 0 Å². The van der Waals surface area contributed by atoms with E-state index in [1.54, 1.807) is 4.31 Å². The Morgan fingerprint density at radius 2 is 1.88 bits per heavy atom. The molecule has 0 saturated carbocycles. The van der Waals surface area contributed by atoms with Crippen LogP contribution in [0.25, 0.3) is 0 Å². The van der Waals surface area contributed by atoms with Crippen LogP contribution in [-0.2, 0) is 10.2 Å². The maximum atomic E-state index is 12.3. The van der Waals surface area contributed by atoms with Crippen LogP contribution in [0.1, 0.15) is 33.1 Å². The van der Waals surface area contributed by atoms with Gasteiger partial charge in [0.1, 0.15) is 0 Å². The zero-order chi connectivity index (χ0) is 12.2. The standard InChI is InChI=1S/C10H23N3O2S.ClH/c1-3-12(4-2)16(14,15)13-8-6-5-7-10(13)9-11;/h10H,3-9,11H2,1-2H3;1H. The molecule has 5 nitrogen and oxygen atoms in total. The summed E-state index contributed by atoms with van der Waals surface area (Å²) >= 11 is 0. The normalized spacial score (nSPS) is 22.5. The minimum absolute atomic E-state index is 0. The Hall–Kier alpha value is 0.120. The van der Waals surface area contributed by atoms with Gasteiger partial charge in [0.25, 0.3) is 10.2 Å². The van der Waals surface area contributed by atoms with E-state index in [1.807, 2.05) is 13.8 Å². The van der Waals surface area contributed by atoms with Gasteiger partial charge in [0, 0.05) is 32.2 Å². The first-order valence-corrected chi connectivity index (χ1v) is 7.44. The summed E-state index contributed by atoms with van der Waals surface area (Å²) in [4.78, 5) is 0. The van der Waals surface area contributed by atoms with Crippen LogP contribution in [0.3, 0.4) is 0 Å². The minimum Gasteiger partial charge on any atom is -0.329 e. The molecule has 1 heterocycles. The second-order valence-electron chi connectivity index (χ2n) is 4.09. The van der Waals surface area contributed by atoms with Gasteiger partial charge in [0.15, 0.2) is 0 Å². The summed E-state index contributed by atoms with van der Waals surface area (Å²) in [6, 6.07) is -0.0145. The third kappa shape index (κ3) is 3.79. The first kappa shape index (κ1) is 17.1. The van der Waals surface area contributed by atoms with E-state index in [-0.39, 0.29) is 18.4 Å². The zero-order valence-corrected chi connectivity index (χ0v) is 12.3. The Bertz CT molecular complexity index is 307. The Kier molecular flexibility index (Phi) is 7.58. The first-order chi connectivity index (χ1) is 7.57. The molecule has 0 radical (unpaired) electrons. The quantitative estimate of drug-likeness (QED) is 0.813. The van der Waals surface area contributed by atoms with E-state index in [4.69, 9.17) is 5.73 Å². The lowest BCUT2D eigenvalue weighted by Crippen LogP contribution is -2.52. The Morgan fingerprint density at radius 3 is 2.35 bits per heavy atom.